The summed E-state index contributed by atoms with van der Waals surface area (Å²) in [4.78, 5) is 16.8. The fraction of sp³-hybridized carbons (Fsp3) is 0. The Kier molecular flexibility index (Phi) is 1.22. The van der Waals surface area contributed by atoms with Gasteiger partial charge < -0.3 is 4.42 Å². The number of H-pyrrole nitrogens is 1. The van der Waals surface area contributed by atoms with E-state index in [1.54, 1.807) is 12.1 Å². The molecule has 0 aliphatic rings. The lowest BCUT2D eigenvalue weighted by Crippen LogP contribution is -1.93. The van der Waals surface area contributed by atoms with Crippen LogP contribution in [0.3, 0.4) is 0 Å². The average Bonchev–Trinajstić information content (AvgIpc) is 2.27. The number of nitrogens with one attached hydrogen (secondary N) is 1. The van der Waals surface area contributed by atoms with E-state index in [0.29, 0.717) is 16.4 Å². The minimum atomic E-state index is -0.519. The largest absolute Gasteiger partial charge is 0.418 e. The molecule has 0 aliphatic heterocycles. The molecule has 4 nitrogen and oxygen atoms in total. The zero-order valence-corrected chi connectivity index (χ0v) is 6.05. The van der Waals surface area contributed by atoms with Crippen molar-refractivity contribution in [1.82, 2.24) is 9.97 Å². The summed E-state index contributed by atoms with van der Waals surface area (Å²) in [5.74, 6) is -0.519. The predicted molar refractivity (Wildman–Crippen MR) is 39.6 cm³/mol. The number of halogens is 1. The Morgan fingerprint density at radius 3 is 3.18 bits per heavy atom. The van der Waals surface area contributed by atoms with Crippen molar-refractivity contribution >= 4 is 22.8 Å². The highest BCUT2D eigenvalue weighted by atomic mass is 35.5. The van der Waals surface area contributed by atoms with Crippen LogP contribution >= 0.6 is 11.6 Å². The van der Waals surface area contributed by atoms with E-state index in [4.69, 9.17) is 16.0 Å². The van der Waals surface area contributed by atoms with Crippen LogP contribution in [0.15, 0.2) is 21.3 Å². The maximum absolute atomic E-state index is 10.6. The molecule has 0 aliphatic carbocycles. The molecular formula is C6H3ClN2O2. The Bertz CT molecular complexity index is 445. The zero-order valence-electron chi connectivity index (χ0n) is 5.30. The molecule has 0 spiro atoms. The normalized spacial score (nSPS) is 10.6. The summed E-state index contributed by atoms with van der Waals surface area (Å²) in [5, 5.41) is 0.328. The molecule has 0 saturated heterocycles. The van der Waals surface area contributed by atoms with Crippen LogP contribution in [-0.4, -0.2) is 9.97 Å². The van der Waals surface area contributed by atoms with E-state index in [9.17, 15) is 4.79 Å². The monoisotopic (exact) mass is 170 g/mol. The number of nitrogens with zero attached hydrogens (tertiary/aromatic N) is 1. The van der Waals surface area contributed by atoms with E-state index >= 15 is 0 Å². The average molecular weight is 171 g/mol. The summed E-state index contributed by atoms with van der Waals surface area (Å²) in [7, 11) is 0. The molecule has 2 rings (SSSR count). The first-order valence-electron chi connectivity index (χ1n) is 2.91. The molecule has 0 unspecified atom stereocenters. The van der Waals surface area contributed by atoms with Crippen LogP contribution in [0.2, 0.25) is 5.15 Å². The molecular weight excluding hydrogens is 168 g/mol. The van der Waals surface area contributed by atoms with Crippen molar-refractivity contribution in [2.45, 2.75) is 0 Å². The van der Waals surface area contributed by atoms with Crippen molar-refractivity contribution in [3.05, 3.63) is 27.8 Å². The van der Waals surface area contributed by atoms with Crippen LogP contribution in [0, 0.1) is 0 Å². The molecule has 0 atom stereocenters. The van der Waals surface area contributed by atoms with Gasteiger partial charge in [0.15, 0.2) is 11.2 Å². The molecule has 2 heterocycles. The van der Waals surface area contributed by atoms with E-state index in [1.807, 2.05) is 0 Å². The third-order valence-corrected chi connectivity index (χ3v) is 1.46. The number of hydrogen-bond donors (Lipinski definition) is 1. The van der Waals surface area contributed by atoms with Gasteiger partial charge in [-0.15, -0.1) is 0 Å². The second kappa shape index (κ2) is 2.10. The lowest BCUT2D eigenvalue weighted by Gasteiger charge is -1.85. The Morgan fingerprint density at radius 2 is 2.36 bits per heavy atom. The summed E-state index contributed by atoms with van der Waals surface area (Å²) in [6.07, 6.45) is 0. The highest BCUT2D eigenvalue weighted by molar-refractivity contribution is 6.29. The van der Waals surface area contributed by atoms with Crippen molar-refractivity contribution in [2.75, 3.05) is 0 Å². The Hall–Kier alpha value is -1.29. The molecule has 56 valence electrons. The molecule has 2 aromatic rings. The maximum Gasteiger partial charge on any atom is 0.418 e. The van der Waals surface area contributed by atoms with Gasteiger partial charge in [-0.3, -0.25) is 4.98 Å². The first kappa shape index (κ1) is 6.42. The van der Waals surface area contributed by atoms with Gasteiger partial charge in [0, 0.05) is 0 Å². The maximum atomic E-state index is 10.6. The molecule has 0 aromatic carbocycles. The summed E-state index contributed by atoms with van der Waals surface area (Å²) >= 11 is 5.55. The highest BCUT2D eigenvalue weighted by Gasteiger charge is 2.00. The van der Waals surface area contributed by atoms with Crippen LogP contribution in [-0.2, 0) is 0 Å². The van der Waals surface area contributed by atoms with E-state index < -0.39 is 5.76 Å². The van der Waals surface area contributed by atoms with Crippen LogP contribution in [0.4, 0.5) is 0 Å². The summed E-state index contributed by atoms with van der Waals surface area (Å²) in [6, 6.07) is 3.14. The minimum Gasteiger partial charge on any atom is -0.406 e. The Morgan fingerprint density at radius 1 is 1.55 bits per heavy atom. The van der Waals surface area contributed by atoms with Crippen molar-refractivity contribution in [2.24, 2.45) is 0 Å². The van der Waals surface area contributed by atoms with Gasteiger partial charge in [0.25, 0.3) is 0 Å². The molecule has 0 bridgehead atoms. The van der Waals surface area contributed by atoms with Gasteiger partial charge in [0.1, 0.15) is 5.15 Å². The second-order valence-electron chi connectivity index (χ2n) is 2.00. The molecule has 0 saturated carbocycles. The molecule has 0 radical (unpaired) electrons. The summed E-state index contributed by atoms with van der Waals surface area (Å²) < 4.78 is 4.69. The number of aromatic amines is 1. The van der Waals surface area contributed by atoms with Crippen LogP contribution in [0.5, 0.6) is 0 Å². The molecule has 5 heteroatoms. The smallest absolute Gasteiger partial charge is 0.406 e. The first-order chi connectivity index (χ1) is 5.25. The van der Waals surface area contributed by atoms with Gasteiger partial charge in [0.05, 0.1) is 0 Å². The number of fused-ring (bicyclic) bond motifs is 1. The number of aromatic nitrogens is 2. The third kappa shape index (κ3) is 1.01. The van der Waals surface area contributed by atoms with E-state index in [-0.39, 0.29) is 0 Å². The molecule has 11 heavy (non-hydrogen) atoms. The van der Waals surface area contributed by atoms with Gasteiger partial charge in [-0.1, -0.05) is 11.6 Å². The van der Waals surface area contributed by atoms with E-state index in [1.165, 1.54) is 0 Å². The van der Waals surface area contributed by atoms with Crippen LogP contribution in [0.1, 0.15) is 0 Å². The Labute approximate surface area is 65.8 Å². The van der Waals surface area contributed by atoms with E-state index in [2.05, 4.69) is 9.97 Å². The van der Waals surface area contributed by atoms with Gasteiger partial charge in [0.2, 0.25) is 0 Å². The lowest BCUT2D eigenvalue weighted by molar-refractivity contribution is 0.555. The second-order valence-corrected chi connectivity index (χ2v) is 2.38. The number of rotatable bonds is 0. The minimum absolute atomic E-state index is 0.328. The fourth-order valence-electron chi connectivity index (χ4n) is 0.817. The lowest BCUT2D eigenvalue weighted by atomic mass is 10.5. The molecule has 0 amide bonds. The quantitative estimate of drug-likeness (QED) is 0.604. The topological polar surface area (TPSA) is 58.9 Å². The van der Waals surface area contributed by atoms with E-state index in [0.717, 1.165) is 0 Å². The molecule has 0 fully saturated rings. The van der Waals surface area contributed by atoms with Crippen molar-refractivity contribution in [1.29, 1.82) is 0 Å². The molecule has 2 aromatic heterocycles. The SMILES string of the molecule is O=c1[nH]c2nc(Cl)ccc2o1. The Balaban J connectivity index is 2.92. The molecule has 1 N–H and O–H groups in total. The standard InChI is InChI=1S/C6H3ClN2O2/c7-4-2-1-3-5(8-4)9-6(10)11-3/h1-2H,(H,8,9,10). The van der Waals surface area contributed by atoms with Crippen molar-refractivity contribution < 1.29 is 4.42 Å². The van der Waals surface area contributed by atoms with Crippen LogP contribution < -0.4 is 5.76 Å². The third-order valence-electron chi connectivity index (χ3n) is 1.25. The fourth-order valence-corrected chi connectivity index (χ4v) is 0.964. The van der Waals surface area contributed by atoms with Crippen molar-refractivity contribution in [3.8, 4) is 0 Å². The zero-order chi connectivity index (χ0) is 7.84. The van der Waals surface area contributed by atoms with Crippen LogP contribution in [0.25, 0.3) is 11.2 Å². The van der Waals surface area contributed by atoms with Crippen molar-refractivity contribution in [3.63, 3.8) is 0 Å². The van der Waals surface area contributed by atoms with Gasteiger partial charge in [-0.25, -0.2) is 9.78 Å². The highest BCUT2D eigenvalue weighted by Crippen LogP contribution is 2.10. The number of pyridine rings is 1. The summed E-state index contributed by atoms with van der Waals surface area (Å²) in [5.41, 5.74) is 0.793. The van der Waals surface area contributed by atoms with Gasteiger partial charge in [-0.05, 0) is 12.1 Å². The summed E-state index contributed by atoms with van der Waals surface area (Å²) in [6.45, 7) is 0. The first-order valence-corrected chi connectivity index (χ1v) is 3.29. The van der Waals surface area contributed by atoms with Gasteiger partial charge >= 0.3 is 5.76 Å². The predicted octanol–water partition coefficient (Wildman–Crippen LogP) is 1.17. The number of oxazole rings is 1. The number of hydrogen-bond acceptors (Lipinski definition) is 3. The van der Waals surface area contributed by atoms with Gasteiger partial charge in [-0.2, -0.15) is 0 Å².